The fourth-order valence-corrected chi connectivity index (χ4v) is 3.16. The Morgan fingerprint density at radius 2 is 1.22 bits per heavy atom. The fraction of sp³-hybridized carbons (Fsp3) is 0.588. The summed E-state index contributed by atoms with van der Waals surface area (Å²) in [6.45, 7) is 0. The molecule has 0 saturated heterocycles. The summed E-state index contributed by atoms with van der Waals surface area (Å²) in [6, 6.07) is 0. The monoisotopic (exact) mass is 320 g/mol. The average molecular weight is 320 g/mol. The van der Waals surface area contributed by atoms with Crippen molar-refractivity contribution in [1.29, 1.82) is 0 Å². The first-order chi connectivity index (χ1) is 11.0. The zero-order valence-corrected chi connectivity index (χ0v) is 13.3. The minimum Gasteiger partial charge on any atom is -0.481 e. The summed E-state index contributed by atoms with van der Waals surface area (Å²) in [5.41, 5.74) is 12.7. The lowest BCUT2D eigenvalue weighted by molar-refractivity contribution is -0.143. The van der Waals surface area contributed by atoms with Crippen molar-refractivity contribution in [2.24, 2.45) is 0 Å². The number of hydrogen-bond acceptors (Lipinski definition) is 4. The van der Waals surface area contributed by atoms with E-state index < -0.39 is 11.9 Å². The van der Waals surface area contributed by atoms with Crippen LogP contribution in [0.5, 0.6) is 0 Å². The van der Waals surface area contributed by atoms with Gasteiger partial charge in [-0.3, -0.25) is 14.6 Å². The number of carboxylic acids is 2. The van der Waals surface area contributed by atoms with E-state index in [1.165, 1.54) is 48.2 Å². The molecule has 2 aliphatic rings. The van der Waals surface area contributed by atoms with Crippen LogP contribution in [0.4, 0.5) is 5.69 Å². The minimum atomic E-state index is -1.08. The highest BCUT2D eigenvalue weighted by Gasteiger charge is 2.21. The summed E-state index contributed by atoms with van der Waals surface area (Å²) in [6.07, 6.45) is 9.17. The zero-order valence-electron chi connectivity index (χ0n) is 13.3. The van der Waals surface area contributed by atoms with Gasteiger partial charge in [0.25, 0.3) is 0 Å². The molecule has 1 aromatic heterocycles. The van der Waals surface area contributed by atoms with Crippen LogP contribution in [0.2, 0.25) is 0 Å². The van der Waals surface area contributed by atoms with Crippen molar-refractivity contribution >= 4 is 17.6 Å². The van der Waals surface area contributed by atoms with Gasteiger partial charge in [0.1, 0.15) is 0 Å². The number of rotatable bonds is 3. The third-order valence-corrected chi connectivity index (χ3v) is 4.35. The predicted molar refractivity (Wildman–Crippen MR) is 86.4 cm³/mol. The molecular weight excluding hydrogens is 296 g/mol. The van der Waals surface area contributed by atoms with E-state index in [-0.39, 0.29) is 12.8 Å². The lowest BCUT2D eigenvalue weighted by Gasteiger charge is -2.24. The van der Waals surface area contributed by atoms with E-state index in [2.05, 4.69) is 0 Å². The maximum absolute atomic E-state index is 9.64. The van der Waals surface area contributed by atoms with Gasteiger partial charge in [0.05, 0.1) is 12.8 Å². The van der Waals surface area contributed by atoms with Gasteiger partial charge in [-0.25, -0.2) is 0 Å². The minimum absolute atomic E-state index is 0.296. The first kappa shape index (κ1) is 17.2. The van der Waals surface area contributed by atoms with E-state index in [9.17, 15) is 9.59 Å². The molecule has 0 spiro atoms. The van der Waals surface area contributed by atoms with Crippen LogP contribution < -0.4 is 5.73 Å². The van der Waals surface area contributed by atoms with Gasteiger partial charge < -0.3 is 15.9 Å². The number of fused-ring (bicyclic) bond motifs is 2. The third kappa shape index (κ3) is 4.68. The van der Waals surface area contributed by atoms with Gasteiger partial charge in [-0.1, -0.05) is 0 Å². The van der Waals surface area contributed by atoms with Gasteiger partial charge in [0.2, 0.25) is 0 Å². The van der Waals surface area contributed by atoms with Crippen LogP contribution in [-0.2, 0) is 35.3 Å². The Morgan fingerprint density at radius 3 is 1.61 bits per heavy atom. The van der Waals surface area contributed by atoms with Crippen molar-refractivity contribution in [3.8, 4) is 0 Å². The van der Waals surface area contributed by atoms with Gasteiger partial charge in [0, 0.05) is 17.1 Å². The molecule has 0 amide bonds. The van der Waals surface area contributed by atoms with Crippen molar-refractivity contribution in [2.45, 2.75) is 64.2 Å². The van der Waals surface area contributed by atoms with Crippen molar-refractivity contribution in [3.63, 3.8) is 0 Å². The number of aromatic nitrogens is 1. The van der Waals surface area contributed by atoms with Crippen LogP contribution in [0.3, 0.4) is 0 Å². The first-order valence-corrected chi connectivity index (χ1v) is 8.21. The molecule has 0 bridgehead atoms. The number of pyridine rings is 1. The van der Waals surface area contributed by atoms with Crippen LogP contribution >= 0.6 is 0 Å². The lowest BCUT2D eigenvalue weighted by Crippen LogP contribution is -2.16. The molecule has 0 radical (unpaired) electrons. The van der Waals surface area contributed by atoms with Crippen molar-refractivity contribution in [2.75, 3.05) is 5.73 Å². The zero-order chi connectivity index (χ0) is 16.8. The van der Waals surface area contributed by atoms with E-state index in [0.717, 1.165) is 31.4 Å². The number of nitrogens with two attached hydrogens (primary N) is 1. The average Bonchev–Trinajstić information content (AvgIpc) is 2.54. The summed E-state index contributed by atoms with van der Waals surface area (Å²) in [5, 5.41) is 15.8. The maximum atomic E-state index is 9.64. The molecule has 0 fully saturated rings. The molecule has 0 aromatic carbocycles. The highest BCUT2D eigenvalue weighted by molar-refractivity contribution is 5.75. The highest BCUT2D eigenvalue weighted by atomic mass is 16.4. The van der Waals surface area contributed by atoms with Gasteiger partial charge in [-0.2, -0.15) is 0 Å². The molecule has 3 rings (SSSR count). The van der Waals surface area contributed by atoms with Crippen molar-refractivity contribution < 1.29 is 19.8 Å². The Kier molecular flexibility index (Phi) is 5.96. The largest absolute Gasteiger partial charge is 0.481 e. The highest BCUT2D eigenvalue weighted by Crippen LogP contribution is 2.32. The number of nitrogens with zero attached hydrogens (tertiary/aromatic N) is 1. The van der Waals surface area contributed by atoms with Gasteiger partial charge in [-0.05, 0) is 62.5 Å². The molecule has 6 heteroatoms. The number of carboxylic acid groups (broad SMARTS) is 2. The number of anilines is 1. The molecule has 23 heavy (non-hydrogen) atoms. The molecule has 6 nitrogen and oxygen atoms in total. The third-order valence-electron chi connectivity index (χ3n) is 4.35. The Balaban J connectivity index is 0.000000207. The fourth-order valence-electron chi connectivity index (χ4n) is 3.16. The van der Waals surface area contributed by atoms with E-state index in [0.29, 0.717) is 0 Å². The van der Waals surface area contributed by atoms with Crippen LogP contribution in [0, 0.1) is 0 Å². The molecule has 1 aromatic rings. The topological polar surface area (TPSA) is 114 Å². The second-order valence-corrected chi connectivity index (χ2v) is 6.08. The molecule has 2 aliphatic carbocycles. The van der Waals surface area contributed by atoms with E-state index >= 15 is 0 Å². The quantitative estimate of drug-likeness (QED) is 0.788. The number of aryl methyl sites for hydroxylation is 2. The molecule has 0 aliphatic heterocycles. The summed E-state index contributed by atoms with van der Waals surface area (Å²) in [4.78, 5) is 24.1. The van der Waals surface area contributed by atoms with Gasteiger partial charge in [-0.15, -0.1) is 0 Å². The first-order valence-electron chi connectivity index (χ1n) is 8.21. The predicted octanol–water partition coefficient (Wildman–Crippen LogP) is 2.36. The maximum Gasteiger partial charge on any atom is 0.303 e. The number of nitrogen functional groups attached to an aromatic ring is 1. The van der Waals surface area contributed by atoms with Crippen LogP contribution in [0.1, 0.15) is 61.0 Å². The summed E-state index contributed by atoms with van der Waals surface area (Å²) < 4.78 is 0. The van der Waals surface area contributed by atoms with Crippen LogP contribution in [-0.4, -0.2) is 27.1 Å². The number of carbonyl (C=O) groups is 2. The van der Waals surface area contributed by atoms with E-state index in [1.807, 2.05) is 0 Å². The summed E-state index contributed by atoms with van der Waals surface area (Å²) in [7, 11) is 0. The number of hydrogen-bond donors (Lipinski definition) is 3. The molecule has 1 heterocycles. The van der Waals surface area contributed by atoms with Crippen LogP contribution in [0.25, 0.3) is 0 Å². The lowest BCUT2D eigenvalue weighted by atomic mass is 9.87. The van der Waals surface area contributed by atoms with Crippen molar-refractivity contribution in [1.82, 2.24) is 4.98 Å². The van der Waals surface area contributed by atoms with Gasteiger partial charge >= 0.3 is 11.9 Å². The second-order valence-electron chi connectivity index (χ2n) is 6.08. The van der Waals surface area contributed by atoms with Crippen LogP contribution in [0.15, 0.2) is 0 Å². The second kappa shape index (κ2) is 7.94. The normalized spacial score (nSPS) is 15.7. The smallest absolute Gasteiger partial charge is 0.303 e. The van der Waals surface area contributed by atoms with E-state index in [4.69, 9.17) is 20.9 Å². The molecule has 0 unspecified atom stereocenters. The van der Waals surface area contributed by atoms with Gasteiger partial charge in [0.15, 0.2) is 0 Å². The number of aliphatic carboxylic acids is 2. The molecule has 4 N–H and O–H groups in total. The Labute approximate surface area is 135 Å². The standard InChI is InChI=1S/C13H18N2.C4H6O4/c14-13-9-5-1-3-7-11(9)15-12-8-4-2-6-10(12)13;5-3(6)1-2-4(7)8/h1-8H2,(H2,14,15);1-2H2,(H,5,6)(H,7,8). The van der Waals surface area contributed by atoms with Crippen molar-refractivity contribution in [3.05, 3.63) is 22.5 Å². The molecular formula is C17H24N2O4. The van der Waals surface area contributed by atoms with E-state index in [1.54, 1.807) is 0 Å². The molecule has 126 valence electrons. The SMILES string of the molecule is Nc1c2c(nc3c1CCCC3)CCCC2.O=C(O)CCC(=O)O. The molecule has 0 saturated carbocycles. The summed E-state index contributed by atoms with van der Waals surface area (Å²) >= 11 is 0. The molecule has 0 atom stereocenters. The Hall–Kier alpha value is -2.11. The Bertz CT molecular complexity index is 550. The Morgan fingerprint density at radius 1 is 0.826 bits per heavy atom. The summed E-state index contributed by atoms with van der Waals surface area (Å²) in [5.74, 6) is -2.15.